The number of methoxy groups -OCH3 is 1. The number of para-hydroxylation sites is 1. The molecule has 1 N–H and O–H groups in total. The van der Waals surface area contributed by atoms with Crippen molar-refractivity contribution in [3.05, 3.63) is 80.6 Å². The zero-order valence-corrected chi connectivity index (χ0v) is 23.8. The van der Waals surface area contributed by atoms with Gasteiger partial charge in [0, 0.05) is 20.3 Å². The molecule has 0 bridgehead atoms. The van der Waals surface area contributed by atoms with Gasteiger partial charge in [-0.3, -0.25) is 4.79 Å². The number of carbonyl (C=O) groups is 2. The molecule has 0 fully saturated rings. The van der Waals surface area contributed by atoms with Gasteiger partial charge in [-0.05, 0) is 60.4 Å². The SMILES string of the molecule is COC(=O)c1c(NC(=O)c2cc(-c3cccc(Br)c3)nc3ccccc23)sc2c1CC[C@H](C(C)(C)C)C2. The average molecular weight is 578 g/mol. The van der Waals surface area contributed by atoms with Crippen molar-refractivity contribution in [2.75, 3.05) is 12.4 Å². The van der Waals surface area contributed by atoms with Gasteiger partial charge in [-0.2, -0.15) is 0 Å². The van der Waals surface area contributed by atoms with Crippen LogP contribution in [-0.4, -0.2) is 24.0 Å². The van der Waals surface area contributed by atoms with E-state index in [2.05, 4.69) is 42.0 Å². The van der Waals surface area contributed by atoms with Crippen LogP contribution in [0.3, 0.4) is 0 Å². The molecule has 0 saturated heterocycles. The molecule has 0 unspecified atom stereocenters. The van der Waals surface area contributed by atoms with Gasteiger partial charge in [0.25, 0.3) is 5.91 Å². The number of hydrogen-bond acceptors (Lipinski definition) is 5. The minimum absolute atomic E-state index is 0.176. The number of esters is 1. The highest BCUT2D eigenvalue weighted by atomic mass is 79.9. The number of fused-ring (bicyclic) bond motifs is 2. The predicted molar refractivity (Wildman–Crippen MR) is 153 cm³/mol. The van der Waals surface area contributed by atoms with Crippen molar-refractivity contribution in [2.24, 2.45) is 11.3 Å². The summed E-state index contributed by atoms with van der Waals surface area (Å²) in [5.41, 5.74) is 4.54. The van der Waals surface area contributed by atoms with Crippen molar-refractivity contribution < 1.29 is 14.3 Å². The second kappa shape index (κ2) is 10.0. The number of nitrogens with one attached hydrogen (secondary N) is 1. The molecule has 2 aromatic heterocycles. The molecule has 1 atom stereocenters. The van der Waals surface area contributed by atoms with Gasteiger partial charge in [0.15, 0.2) is 0 Å². The molecule has 2 aromatic carbocycles. The lowest BCUT2D eigenvalue weighted by Crippen LogP contribution is -2.26. The first-order valence-corrected chi connectivity index (χ1v) is 14.0. The van der Waals surface area contributed by atoms with Gasteiger partial charge in [-0.15, -0.1) is 11.3 Å². The zero-order valence-electron chi connectivity index (χ0n) is 21.4. The van der Waals surface area contributed by atoms with Crippen LogP contribution in [0.25, 0.3) is 22.2 Å². The lowest BCUT2D eigenvalue weighted by Gasteiger charge is -2.33. The van der Waals surface area contributed by atoms with Crippen LogP contribution in [0.4, 0.5) is 5.00 Å². The number of halogens is 1. The Bertz CT molecular complexity index is 1520. The zero-order chi connectivity index (χ0) is 26.3. The van der Waals surface area contributed by atoms with Crippen molar-refractivity contribution in [1.29, 1.82) is 0 Å². The van der Waals surface area contributed by atoms with E-state index in [4.69, 9.17) is 9.72 Å². The number of thiophene rings is 1. The number of amides is 1. The molecular formula is C30H29BrN2O3S. The third-order valence-electron chi connectivity index (χ3n) is 7.19. The third kappa shape index (κ3) is 5.07. The molecule has 5 rings (SSSR count). The number of benzene rings is 2. The number of rotatable bonds is 4. The Morgan fingerprint density at radius 3 is 2.62 bits per heavy atom. The van der Waals surface area contributed by atoms with E-state index in [9.17, 15) is 9.59 Å². The molecule has 0 spiro atoms. The van der Waals surface area contributed by atoms with Crippen LogP contribution in [0, 0.1) is 11.3 Å². The second-order valence-corrected chi connectivity index (χ2v) is 12.6. The number of hydrogen-bond donors (Lipinski definition) is 1. The standard InChI is InChI=1S/C30H29BrN2O3S/c1-30(2,3)18-12-13-21-25(15-18)37-28(26(21)29(35)36-4)33-27(34)22-16-24(17-8-7-9-19(31)14-17)32-23-11-6-5-10-20(22)23/h5-11,14,16,18H,12-13,15H2,1-4H3,(H,33,34)/t18-/m0/s1. The van der Waals surface area contributed by atoms with E-state index in [1.165, 1.54) is 18.4 Å². The van der Waals surface area contributed by atoms with E-state index in [0.717, 1.165) is 50.6 Å². The Kier molecular flexibility index (Phi) is 6.94. The normalized spacial score (nSPS) is 15.3. The molecule has 0 aliphatic heterocycles. The van der Waals surface area contributed by atoms with Gasteiger partial charge in [0.1, 0.15) is 5.00 Å². The summed E-state index contributed by atoms with van der Waals surface area (Å²) in [5, 5.41) is 4.39. The fourth-order valence-electron chi connectivity index (χ4n) is 5.06. The first-order valence-electron chi connectivity index (χ1n) is 12.4. The van der Waals surface area contributed by atoms with Gasteiger partial charge >= 0.3 is 5.97 Å². The number of pyridine rings is 1. The Morgan fingerprint density at radius 1 is 1.11 bits per heavy atom. The maximum Gasteiger partial charge on any atom is 0.341 e. The van der Waals surface area contributed by atoms with Crippen molar-refractivity contribution in [3.63, 3.8) is 0 Å². The highest BCUT2D eigenvalue weighted by Crippen LogP contribution is 2.44. The Morgan fingerprint density at radius 2 is 1.89 bits per heavy atom. The molecule has 37 heavy (non-hydrogen) atoms. The van der Waals surface area contributed by atoms with Crippen LogP contribution in [0.15, 0.2) is 59.1 Å². The van der Waals surface area contributed by atoms with Gasteiger partial charge in [0.05, 0.1) is 29.4 Å². The number of ether oxygens (including phenoxy) is 1. The highest BCUT2D eigenvalue weighted by Gasteiger charge is 2.34. The van der Waals surface area contributed by atoms with Crippen LogP contribution in [0.2, 0.25) is 0 Å². The number of carbonyl (C=O) groups excluding carboxylic acids is 2. The lowest BCUT2D eigenvalue weighted by atomic mass is 9.72. The Labute approximate surface area is 229 Å². The third-order valence-corrected chi connectivity index (χ3v) is 8.85. The maximum absolute atomic E-state index is 13.8. The van der Waals surface area contributed by atoms with Gasteiger partial charge in [-0.25, -0.2) is 9.78 Å². The number of nitrogens with zero attached hydrogens (tertiary/aromatic N) is 1. The summed E-state index contributed by atoms with van der Waals surface area (Å²) in [4.78, 5) is 32.6. The summed E-state index contributed by atoms with van der Waals surface area (Å²) in [6.07, 6.45) is 2.71. The number of aromatic nitrogens is 1. The summed E-state index contributed by atoms with van der Waals surface area (Å²) in [6, 6.07) is 17.3. The highest BCUT2D eigenvalue weighted by molar-refractivity contribution is 9.10. The van der Waals surface area contributed by atoms with E-state index < -0.39 is 5.97 Å². The second-order valence-electron chi connectivity index (χ2n) is 10.5. The Balaban J connectivity index is 1.56. The minimum Gasteiger partial charge on any atom is -0.465 e. The van der Waals surface area contributed by atoms with E-state index >= 15 is 0 Å². The summed E-state index contributed by atoms with van der Waals surface area (Å²) < 4.78 is 6.08. The quantitative estimate of drug-likeness (QED) is 0.250. The van der Waals surface area contributed by atoms with Crippen molar-refractivity contribution >= 4 is 55.0 Å². The molecule has 4 aromatic rings. The summed E-state index contributed by atoms with van der Waals surface area (Å²) in [6.45, 7) is 6.78. The van der Waals surface area contributed by atoms with Crippen LogP contribution in [0.5, 0.6) is 0 Å². The molecule has 190 valence electrons. The molecule has 0 saturated carbocycles. The topological polar surface area (TPSA) is 68.3 Å². The smallest absolute Gasteiger partial charge is 0.341 e. The van der Waals surface area contributed by atoms with Gasteiger partial charge < -0.3 is 10.1 Å². The van der Waals surface area contributed by atoms with Crippen molar-refractivity contribution in [2.45, 2.75) is 40.0 Å². The minimum atomic E-state index is -0.406. The van der Waals surface area contributed by atoms with E-state index in [-0.39, 0.29) is 11.3 Å². The van der Waals surface area contributed by atoms with Crippen LogP contribution >= 0.6 is 27.3 Å². The van der Waals surface area contributed by atoms with Crippen molar-refractivity contribution in [3.8, 4) is 11.3 Å². The fraction of sp³-hybridized carbons (Fsp3) is 0.300. The molecule has 1 amide bonds. The van der Waals surface area contributed by atoms with Crippen LogP contribution in [-0.2, 0) is 17.6 Å². The first kappa shape index (κ1) is 25.6. The van der Waals surface area contributed by atoms with E-state index in [1.54, 1.807) is 0 Å². The molecule has 7 heteroatoms. The molecule has 1 aliphatic carbocycles. The average Bonchev–Trinajstić information content (AvgIpc) is 3.24. The van der Waals surface area contributed by atoms with Gasteiger partial charge in [0.2, 0.25) is 0 Å². The molecule has 1 aliphatic rings. The summed E-state index contributed by atoms with van der Waals surface area (Å²) >= 11 is 5.03. The molecule has 0 radical (unpaired) electrons. The number of anilines is 1. The molecule has 5 nitrogen and oxygen atoms in total. The van der Waals surface area contributed by atoms with Gasteiger partial charge in [-0.1, -0.05) is 67.0 Å². The Hall–Kier alpha value is -3.03. The molecular weight excluding hydrogens is 548 g/mol. The fourth-order valence-corrected chi connectivity index (χ4v) is 6.77. The monoisotopic (exact) mass is 576 g/mol. The van der Waals surface area contributed by atoms with Crippen LogP contribution < -0.4 is 5.32 Å². The van der Waals surface area contributed by atoms with Crippen molar-refractivity contribution in [1.82, 2.24) is 4.98 Å². The largest absolute Gasteiger partial charge is 0.465 e. The summed E-state index contributed by atoms with van der Waals surface area (Å²) in [5.74, 6) is -0.160. The van der Waals surface area contributed by atoms with E-state index in [0.29, 0.717) is 27.7 Å². The van der Waals surface area contributed by atoms with E-state index in [1.807, 2.05) is 54.6 Å². The first-order chi connectivity index (χ1) is 17.7. The lowest BCUT2D eigenvalue weighted by molar-refractivity contribution is 0.0600. The summed E-state index contributed by atoms with van der Waals surface area (Å²) in [7, 11) is 1.39. The molecule has 2 heterocycles. The maximum atomic E-state index is 13.8. The van der Waals surface area contributed by atoms with Crippen LogP contribution in [0.1, 0.15) is 58.3 Å². The predicted octanol–water partition coefficient (Wildman–Crippen LogP) is 7.92.